The smallest absolute Gasteiger partial charge is 0.344 e. The molecule has 2 amide bonds. The number of methoxy groups -OCH3 is 2. The minimum Gasteiger partial charge on any atom is -0.508 e. The Bertz CT molecular complexity index is 2250. The molecule has 2 fully saturated rings. The summed E-state index contributed by atoms with van der Waals surface area (Å²) >= 11 is 0. The predicted molar refractivity (Wildman–Crippen MR) is 219 cm³/mol. The average molecular weight is 761 g/mol. The largest absolute Gasteiger partial charge is 0.508 e. The van der Waals surface area contributed by atoms with Gasteiger partial charge in [-0.25, -0.2) is 4.79 Å². The number of carbonyl (C=O) groups excluding carboxylic acids is 3. The zero-order chi connectivity index (χ0) is 41.4. The highest BCUT2D eigenvalue weighted by Gasteiger charge is 2.44. The van der Waals surface area contributed by atoms with E-state index in [9.17, 15) is 19.5 Å². The van der Waals surface area contributed by atoms with E-state index in [0.29, 0.717) is 16.9 Å². The van der Waals surface area contributed by atoms with Crippen LogP contribution in [0.1, 0.15) is 77.4 Å². The van der Waals surface area contributed by atoms with Gasteiger partial charge < -0.3 is 24.1 Å². The van der Waals surface area contributed by atoms with Crippen molar-refractivity contribution < 1.29 is 38.4 Å². The van der Waals surface area contributed by atoms with Gasteiger partial charge in [0.1, 0.15) is 28.6 Å². The molecule has 0 unspecified atom stereocenters. The molecule has 4 aromatic rings. The lowest BCUT2D eigenvalue weighted by Crippen LogP contribution is -2.48. The number of nitrogens with zero attached hydrogens (tertiary/aromatic N) is 2. The highest BCUT2D eigenvalue weighted by Crippen LogP contribution is 2.46. The second-order valence-electron chi connectivity index (χ2n) is 15.3. The molecule has 0 spiro atoms. The maximum absolute atomic E-state index is 12.7. The van der Waals surface area contributed by atoms with Gasteiger partial charge >= 0.3 is 5.97 Å². The Morgan fingerprint density at radius 1 is 0.661 bits per heavy atom. The molecular formula is C46H52N2O8. The lowest BCUT2D eigenvalue weighted by molar-refractivity contribution is -0.157. The molecule has 6 rings (SSSR count). The summed E-state index contributed by atoms with van der Waals surface area (Å²) in [5.41, 5.74) is 9.55. The van der Waals surface area contributed by atoms with Crippen LogP contribution in [0.3, 0.4) is 0 Å². The number of aryl methyl sites for hydroxylation is 4. The van der Waals surface area contributed by atoms with Crippen molar-refractivity contribution in [2.75, 3.05) is 30.6 Å². The van der Waals surface area contributed by atoms with Gasteiger partial charge in [-0.2, -0.15) is 0 Å². The Kier molecular flexibility index (Phi) is 11.7. The number of anilines is 2. The third-order valence-electron chi connectivity index (χ3n) is 10.2. The number of aromatic hydroxyl groups is 1. The summed E-state index contributed by atoms with van der Waals surface area (Å²) in [5, 5.41) is 9.99. The van der Waals surface area contributed by atoms with Gasteiger partial charge in [-0.15, -0.1) is 0 Å². The molecule has 10 heteroatoms. The number of carbonyl (C=O) groups is 3. The Hall–Kier alpha value is -6.03. The minimum atomic E-state index is -0.574. The third-order valence-corrected chi connectivity index (χ3v) is 10.2. The van der Waals surface area contributed by atoms with Gasteiger partial charge in [0.15, 0.2) is 6.61 Å². The zero-order valence-corrected chi connectivity index (χ0v) is 34.2. The number of β-lactam (4-membered cyclic amide) rings is 2. The van der Waals surface area contributed by atoms with Crippen LogP contribution in [0.4, 0.5) is 11.4 Å². The van der Waals surface area contributed by atoms with Crippen LogP contribution in [0, 0.1) is 41.5 Å². The molecule has 0 bridgehead atoms. The van der Waals surface area contributed by atoms with E-state index in [1.54, 1.807) is 30.1 Å². The molecule has 0 aliphatic carbocycles. The summed E-state index contributed by atoms with van der Waals surface area (Å²) < 4.78 is 22.0. The predicted octanol–water partition coefficient (Wildman–Crippen LogP) is 8.96. The third kappa shape index (κ3) is 8.15. The summed E-state index contributed by atoms with van der Waals surface area (Å²) in [7, 11) is 3.24. The van der Waals surface area contributed by atoms with Crippen LogP contribution < -0.4 is 24.0 Å². The first-order valence-corrected chi connectivity index (χ1v) is 18.4. The molecule has 2 aliphatic heterocycles. The first-order valence-electron chi connectivity index (χ1n) is 18.4. The molecule has 56 heavy (non-hydrogen) atoms. The zero-order valence-electron chi connectivity index (χ0n) is 34.2. The topological polar surface area (TPSA) is 115 Å². The van der Waals surface area contributed by atoms with Gasteiger partial charge in [-0.05, 0) is 131 Å². The first kappa shape index (κ1) is 41.1. The van der Waals surface area contributed by atoms with E-state index < -0.39 is 11.6 Å². The van der Waals surface area contributed by atoms with Crippen LogP contribution in [0.2, 0.25) is 0 Å². The molecule has 2 atom stereocenters. The number of phenolic OH excluding ortho intramolecular Hbond substituents is 1. The lowest BCUT2D eigenvalue weighted by Gasteiger charge is -2.43. The number of benzene rings is 4. The Morgan fingerprint density at radius 3 is 1.54 bits per heavy atom. The van der Waals surface area contributed by atoms with E-state index in [0.717, 1.165) is 67.4 Å². The molecule has 0 saturated carbocycles. The minimum absolute atomic E-state index is 0.106. The van der Waals surface area contributed by atoms with E-state index in [1.807, 2.05) is 117 Å². The molecule has 294 valence electrons. The normalized spacial score (nSPS) is 16.4. The van der Waals surface area contributed by atoms with Crippen LogP contribution in [0.25, 0.3) is 0 Å². The Labute approximate surface area is 329 Å². The maximum Gasteiger partial charge on any atom is 0.344 e. The molecule has 10 nitrogen and oxygen atoms in total. The number of amides is 2. The fourth-order valence-electron chi connectivity index (χ4n) is 6.76. The van der Waals surface area contributed by atoms with Crippen molar-refractivity contribution in [1.82, 2.24) is 0 Å². The highest BCUT2D eigenvalue weighted by atomic mass is 16.6. The summed E-state index contributed by atoms with van der Waals surface area (Å²) in [6.07, 6.45) is 0. The standard InChI is InChI=1S/C26H31NO5.C20H21NO3/c1-15-9-10-19(12-21(15)31-14-23(28)32-26(5,6)7)24-18(4)25(29)27(24)20-11-16(2)17(3)22(13-20)30-8;1-11-6-7-15(9-17(11)22)19-14(4)20(23)21(19)16-8-12(2)13(3)18(10-16)24-5/h9-13,24H,4,14H2,1-3,5-8H3;6-10,19,22H,4H2,1-3,5H3/t24-;19-/m11/s1. The first-order chi connectivity index (χ1) is 26.3. The number of hydrogen-bond donors (Lipinski definition) is 1. The fourth-order valence-corrected chi connectivity index (χ4v) is 6.76. The van der Waals surface area contributed by atoms with Gasteiger partial charge in [0.2, 0.25) is 0 Å². The number of esters is 1. The summed E-state index contributed by atoms with van der Waals surface area (Å²) in [6.45, 7) is 24.8. The van der Waals surface area contributed by atoms with Crippen LogP contribution >= 0.6 is 0 Å². The number of rotatable bonds is 9. The van der Waals surface area contributed by atoms with E-state index in [2.05, 4.69) is 13.2 Å². The van der Waals surface area contributed by atoms with E-state index in [-0.39, 0.29) is 36.3 Å². The van der Waals surface area contributed by atoms with Crippen molar-refractivity contribution in [2.45, 2.75) is 80.0 Å². The molecule has 1 N–H and O–H groups in total. The molecule has 2 heterocycles. The van der Waals surface area contributed by atoms with Gasteiger partial charge in [0.25, 0.3) is 11.8 Å². The van der Waals surface area contributed by atoms with E-state index >= 15 is 0 Å². The summed E-state index contributed by atoms with van der Waals surface area (Å²) in [5.74, 6) is 1.60. The van der Waals surface area contributed by atoms with Gasteiger partial charge in [-0.1, -0.05) is 37.4 Å². The van der Waals surface area contributed by atoms with E-state index in [4.69, 9.17) is 18.9 Å². The second-order valence-corrected chi connectivity index (χ2v) is 15.3. The molecule has 0 aromatic heterocycles. The lowest BCUT2D eigenvalue weighted by atomic mass is 9.87. The molecule has 0 radical (unpaired) electrons. The van der Waals surface area contributed by atoms with Gasteiger partial charge in [0, 0.05) is 34.7 Å². The van der Waals surface area contributed by atoms with Crippen molar-refractivity contribution >= 4 is 29.2 Å². The van der Waals surface area contributed by atoms with Crippen LogP contribution in [-0.4, -0.2) is 49.3 Å². The van der Waals surface area contributed by atoms with E-state index in [1.165, 1.54) is 0 Å². The SMILES string of the molecule is C=C1C(=O)N(c2cc(C)c(C)c(OC)c2)[C@H]1c1ccc(C)c(O)c1.C=C1C(=O)N(c2cc(C)c(C)c(OC)c2)[C@H]1c1ccc(C)c(OCC(=O)OC(C)(C)C)c1. The van der Waals surface area contributed by atoms with Crippen molar-refractivity contribution in [3.05, 3.63) is 129 Å². The molecular weight excluding hydrogens is 709 g/mol. The fraction of sp³-hybridized carbons (Fsp3) is 0.326. The van der Waals surface area contributed by atoms with Crippen LogP contribution in [-0.2, 0) is 19.1 Å². The van der Waals surface area contributed by atoms with Crippen molar-refractivity contribution in [3.8, 4) is 23.0 Å². The van der Waals surface area contributed by atoms with Crippen molar-refractivity contribution in [3.63, 3.8) is 0 Å². The van der Waals surface area contributed by atoms with Crippen molar-refractivity contribution in [2.24, 2.45) is 0 Å². The average Bonchev–Trinajstić information content (AvgIpc) is 3.14. The quantitative estimate of drug-likeness (QED) is 0.102. The van der Waals surface area contributed by atoms with Crippen LogP contribution in [0.5, 0.6) is 23.0 Å². The monoisotopic (exact) mass is 760 g/mol. The van der Waals surface area contributed by atoms with Gasteiger partial charge in [0.05, 0.1) is 26.3 Å². The number of phenols is 1. The summed E-state index contributed by atoms with van der Waals surface area (Å²) in [4.78, 5) is 40.6. The highest BCUT2D eigenvalue weighted by molar-refractivity contribution is 6.16. The van der Waals surface area contributed by atoms with Gasteiger partial charge in [-0.3, -0.25) is 19.4 Å². The molecule has 2 saturated heterocycles. The second kappa shape index (κ2) is 16.0. The summed E-state index contributed by atoms with van der Waals surface area (Å²) in [6, 6.07) is 18.3. The molecule has 2 aliphatic rings. The Morgan fingerprint density at radius 2 is 1.11 bits per heavy atom. The maximum atomic E-state index is 12.7. The number of ether oxygens (including phenoxy) is 4. The molecule has 4 aromatic carbocycles. The van der Waals surface area contributed by atoms with Crippen molar-refractivity contribution in [1.29, 1.82) is 0 Å². The number of hydrogen-bond acceptors (Lipinski definition) is 8. The van der Waals surface area contributed by atoms with Crippen LogP contribution in [0.15, 0.2) is 85.0 Å². The Balaban J connectivity index is 0.000000223.